The topological polar surface area (TPSA) is 44.7 Å². The molecule has 3 aromatic rings. The Labute approximate surface area is 166 Å². The van der Waals surface area contributed by atoms with Gasteiger partial charge < -0.3 is 4.90 Å². The first-order valence-electron chi connectivity index (χ1n) is 9.55. The summed E-state index contributed by atoms with van der Waals surface area (Å²) in [6.07, 6.45) is 1.66. The molecular weight excluding hydrogens is 346 g/mol. The highest BCUT2D eigenvalue weighted by Gasteiger charge is 2.05. The molecule has 0 saturated carbocycles. The Morgan fingerprint density at radius 3 is 2.07 bits per heavy atom. The number of anilines is 1. The van der Waals surface area contributed by atoms with E-state index in [1.807, 2.05) is 66.7 Å². The fourth-order valence-corrected chi connectivity index (χ4v) is 3.03. The monoisotopic (exact) mass is 371 g/mol. The number of nitrogens with zero attached hydrogens (tertiary/aromatic N) is 2. The van der Waals surface area contributed by atoms with Crippen molar-refractivity contribution in [2.24, 2.45) is 5.10 Å². The SMILES string of the molecule is CCN(CC)c1ccc(/C=N/NC(=O)c2ccc(-c3ccccc3)cc2)cc1. The van der Waals surface area contributed by atoms with Crippen LogP contribution in [0.1, 0.15) is 29.8 Å². The molecule has 0 spiro atoms. The average molecular weight is 371 g/mol. The predicted octanol–water partition coefficient (Wildman–Crippen LogP) is 4.96. The lowest BCUT2D eigenvalue weighted by Crippen LogP contribution is -2.21. The molecule has 142 valence electrons. The molecule has 1 amide bonds. The summed E-state index contributed by atoms with van der Waals surface area (Å²) in [5.41, 5.74) is 7.49. The second-order valence-electron chi connectivity index (χ2n) is 6.41. The van der Waals surface area contributed by atoms with E-state index in [1.54, 1.807) is 6.21 Å². The summed E-state index contributed by atoms with van der Waals surface area (Å²) in [5.74, 6) is -0.226. The number of rotatable bonds is 7. The Balaban J connectivity index is 1.59. The normalized spacial score (nSPS) is 10.8. The van der Waals surface area contributed by atoms with E-state index in [4.69, 9.17) is 0 Å². The fraction of sp³-hybridized carbons (Fsp3) is 0.167. The maximum absolute atomic E-state index is 12.3. The van der Waals surface area contributed by atoms with E-state index in [1.165, 1.54) is 5.69 Å². The largest absolute Gasteiger partial charge is 0.372 e. The second-order valence-corrected chi connectivity index (χ2v) is 6.41. The molecule has 0 fully saturated rings. The van der Waals surface area contributed by atoms with Gasteiger partial charge >= 0.3 is 0 Å². The van der Waals surface area contributed by atoms with Crippen LogP contribution in [-0.4, -0.2) is 25.2 Å². The van der Waals surface area contributed by atoms with Gasteiger partial charge in [0.1, 0.15) is 0 Å². The summed E-state index contributed by atoms with van der Waals surface area (Å²) in [5, 5.41) is 4.08. The number of carbonyl (C=O) groups is 1. The molecule has 0 bridgehead atoms. The van der Waals surface area contributed by atoms with Crippen LogP contribution in [0.3, 0.4) is 0 Å². The lowest BCUT2D eigenvalue weighted by atomic mass is 10.0. The molecule has 3 aromatic carbocycles. The van der Waals surface area contributed by atoms with Crippen molar-refractivity contribution < 1.29 is 4.79 Å². The number of hydrogen-bond donors (Lipinski definition) is 1. The van der Waals surface area contributed by atoms with E-state index in [-0.39, 0.29) is 5.91 Å². The number of carbonyl (C=O) groups excluding carboxylic acids is 1. The summed E-state index contributed by atoms with van der Waals surface area (Å²) >= 11 is 0. The first-order valence-corrected chi connectivity index (χ1v) is 9.55. The number of amides is 1. The Hall–Kier alpha value is -3.40. The van der Waals surface area contributed by atoms with Gasteiger partial charge in [-0.1, -0.05) is 54.6 Å². The summed E-state index contributed by atoms with van der Waals surface area (Å²) in [6.45, 7) is 6.23. The molecule has 4 heteroatoms. The molecule has 3 rings (SSSR count). The minimum atomic E-state index is -0.226. The standard InChI is InChI=1S/C24H25N3O/c1-3-27(4-2)23-16-10-19(11-17-23)18-25-26-24(28)22-14-12-21(13-15-22)20-8-6-5-7-9-20/h5-18H,3-4H2,1-2H3,(H,26,28)/b25-18+. The van der Waals surface area contributed by atoms with Crippen LogP contribution in [0.2, 0.25) is 0 Å². The molecule has 0 heterocycles. The zero-order valence-corrected chi connectivity index (χ0v) is 16.3. The molecule has 0 aliphatic heterocycles. The number of nitrogens with one attached hydrogen (secondary N) is 1. The van der Waals surface area contributed by atoms with E-state index in [0.717, 1.165) is 29.8 Å². The number of benzene rings is 3. The van der Waals surface area contributed by atoms with Crippen LogP contribution in [0, 0.1) is 0 Å². The minimum absolute atomic E-state index is 0.226. The van der Waals surface area contributed by atoms with E-state index in [9.17, 15) is 4.79 Å². The van der Waals surface area contributed by atoms with Gasteiger partial charge in [0, 0.05) is 24.3 Å². The first-order chi connectivity index (χ1) is 13.7. The average Bonchev–Trinajstić information content (AvgIpc) is 2.76. The van der Waals surface area contributed by atoms with Crippen LogP contribution in [0.15, 0.2) is 84.0 Å². The Morgan fingerprint density at radius 1 is 0.857 bits per heavy atom. The lowest BCUT2D eigenvalue weighted by Gasteiger charge is -2.20. The summed E-state index contributed by atoms with van der Waals surface area (Å²) in [6, 6.07) is 25.7. The molecule has 0 radical (unpaired) electrons. The Kier molecular flexibility index (Phi) is 6.58. The van der Waals surface area contributed by atoms with Crippen molar-refractivity contribution in [2.75, 3.05) is 18.0 Å². The van der Waals surface area contributed by atoms with E-state index >= 15 is 0 Å². The summed E-state index contributed by atoms with van der Waals surface area (Å²) in [7, 11) is 0. The third-order valence-electron chi connectivity index (χ3n) is 4.66. The molecule has 0 atom stereocenters. The van der Waals surface area contributed by atoms with Crippen LogP contribution in [0.25, 0.3) is 11.1 Å². The number of hydrogen-bond acceptors (Lipinski definition) is 3. The van der Waals surface area contributed by atoms with Crippen LogP contribution < -0.4 is 10.3 Å². The number of hydrazone groups is 1. The third-order valence-corrected chi connectivity index (χ3v) is 4.66. The molecule has 0 saturated heterocycles. The van der Waals surface area contributed by atoms with Crippen molar-refractivity contribution in [1.82, 2.24) is 5.43 Å². The first kappa shape index (κ1) is 19.4. The highest BCUT2D eigenvalue weighted by atomic mass is 16.2. The molecule has 4 nitrogen and oxygen atoms in total. The minimum Gasteiger partial charge on any atom is -0.372 e. The predicted molar refractivity (Wildman–Crippen MR) is 117 cm³/mol. The molecular formula is C24H25N3O. The van der Waals surface area contributed by atoms with Gasteiger partial charge in [-0.15, -0.1) is 0 Å². The van der Waals surface area contributed by atoms with Crippen LogP contribution >= 0.6 is 0 Å². The summed E-state index contributed by atoms with van der Waals surface area (Å²) in [4.78, 5) is 14.6. The molecule has 0 unspecified atom stereocenters. The van der Waals surface area contributed by atoms with Gasteiger partial charge in [0.25, 0.3) is 5.91 Å². The molecule has 0 aromatic heterocycles. The van der Waals surface area contributed by atoms with Gasteiger partial charge in [0.15, 0.2) is 0 Å². The smallest absolute Gasteiger partial charge is 0.271 e. The summed E-state index contributed by atoms with van der Waals surface area (Å²) < 4.78 is 0. The fourth-order valence-electron chi connectivity index (χ4n) is 3.03. The van der Waals surface area contributed by atoms with Gasteiger partial charge in [-0.3, -0.25) is 4.79 Å². The molecule has 28 heavy (non-hydrogen) atoms. The lowest BCUT2D eigenvalue weighted by molar-refractivity contribution is 0.0955. The highest BCUT2D eigenvalue weighted by Crippen LogP contribution is 2.19. The molecule has 0 aliphatic rings. The highest BCUT2D eigenvalue weighted by molar-refractivity contribution is 5.95. The van der Waals surface area contributed by atoms with Crippen molar-refractivity contribution in [1.29, 1.82) is 0 Å². The van der Waals surface area contributed by atoms with Gasteiger partial charge in [-0.2, -0.15) is 5.10 Å². The van der Waals surface area contributed by atoms with Gasteiger partial charge in [-0.25, -0.2) is 5.43 Å². The molecule has 0 aliphatic carbocycles. The zero-order chi connectivity index (χ0) is 19.8. The quantitative estimate of drug-likeness (QED) is 0.471. The van der Waals surface area contributed by atoms with Crippen molar-refractivity contribution in [3.05, 3.63) is 90.0 Å². The Bertz CT molecular complexity index is 912. The maximum atomic E-state index is 12.3. The second kappa shape index (κ2) is 9.51. The van der Waals surface area contributed by atoms with E-state index < -0.39 is 0 Å². The van der Waals surface area contributed by atoms with Crippen LogP contribution in [0.4, 0.5) is 5.69 Å². The van der Waals surface area contributed by atoms with Crippen molar-refractivity contribution in [3.63, 3.8) is 0 Å². The van der Waals surface area contributed by atoms with Crippen LogP contribution in [0.5, 0.6) is 0 Å². The van der Waals surface area contributed by atoms with E-state index in [2.05, 4.69) is 41.4 Å². The van der Waals surface area contributed by atoms with E-state index in [0.29, 0.717) is 5.56 Å². The van der Waals surface area contributed by atoms with Crippen molar-refractivity contribution >= 4 is 17.8 Å². The molecule has 1 N–H and O–H groups in total. The Morgan fingerprint density at radius 2 is 1.46 bits per heavy atom. The van der Waals surface area contributed by atoms with Crippen LogP contribution in [-0.2, 0) is 0 Å². The van der Waals surface area contributed by atoms with Gasteiger partial charge in [-0.05, 0) is 54.8 Å². The van der Waals surface area contributed by atoms with Crippen molar-refractivity contribution in [2.45, 2.75) is 13.8 Å². The zero-order valence-electron chi connectivity index (χ0n) is 16.3. The maximum Gasteiger partial charge on any atom is 0.271 e. The van der Waals surface area contributed by atoms with Crippen molar-refractivity contribution in [3.8, 4) is 11.1 Å². The van der Waals surface area contributed by atoms with Gasteiger partial charge in [0.2, 0.25) is 0 Å². The van der Waals surface area contributed by atoms with Gasteiger partial charge in [0.05, 0.1) is 6.21 Å². The third kappa shape index (κ3) is 4.86.